The molecule has 7 heteroatoms. The van der Waals surface area contributed by atoms with Crippen LogP contribution in [0.1, 0.15) is 6.92 Å². The van der Waals surface area contributed by atoms with Crippen LogP contribution in [0.3, 0.4) is 0 Å². The predicted octanol–water partition coefficient (Wildman–Crippen LogP) is 2.82. The van der Waals surface area contributed by atoms with Gasteiger partial charge in [-0.15, -0.1) is 0 Å². The minimum atomic E-state index is -0.994. The number of hydrogen-bond donors (Lipinski definition) is 2. The van der Waals surface area contributed by atoms with Crippen molar-refractivity contribution in [1.29, 1.82) is 0 Å². The van der Waals surface area contributed by atoms with Crippen molar-refractivity contribution in [3.63, 3.8) is 0 Å². The molecule has 1 unspecified atom stereocenters. The molecule has 2 aromatic carbocycles. The number of halogens is 2. The Hall–Kier alpha value is -2.67. The largest absolute Gasteiger partial charge is 0.506 e. The summed E-state index contributed by atoms with van der Waals surface area (Å²) < 4.78 is 26.2. The van der Waals surface area contributed by atoms with Gasteiger partial charge in [0.2, 0.25) is 5.91 Å². The number of aromatic hydroxyl groups is 1. The number of benzene rings is 2. The molecule has 1 fully saturated rings. The quantitative estimate of drug-likeness (QED) is 0.879. The molecule has 1 aliphatic heterocycles. The minimum absolute atomic E-state index is 0.230. The van der Waals surface area contributed by atoms with Crippen molar-refractivity contribution in [1.82, 2.24) is 4.90 Å². The molecule has 0 radical (unpaired) electrons. The highest BCUT2D eigenvalue weighted by Gasteiger charge is 2.26. The number of carbonyl (C=O) groups excluding carboxylic acids is 1. The van der Waals surface area contributed by atoms with Crippen molar-refractivity contribution in [2.45, 2.75) is 13.0 Å². The number of para-hydroxylation sites is 2. The van der Waals surface area contributed by atoms with Gasteiger partial charge in [0.25, 0.3) is 0 Å². The van der Waals surface area contributed by atoms with Gasteiger partial charge in [-0.05, 0) is 31.2 Å². The number of piperazine rings is 1. The fraction of sp³-hybridized carbons (Fsp3) is 0.316. The first-order valence-corrected chi connectivity index (χ1v) is 8.48. The van der Waals surface area contributed by atoms with E-state index in [4.69, 9.17) is 0 Å². The second kappa shape index (κ2) is 7.70. The number of carbonyl (C=O) groups is 1. The Morgan fingerprint density at radius 2 is 1.77 bits per heavy atom. The van der Waals surface area contributed by atoms with E-state index in [0.717, 1.165) is 17.8 Å². The molecule has 0 saturated carbocycles. The summed E-state index contributed by atoms with van der Waals surface area (Å²) in [5.74, 6) is -1.97. The van der Waals surface area contributed by atoms with E-state index in [1.54, 1.807) is 19.1 Å². The maximum atomic E-state index is 13.3. The molecule has 1 heterocycles. The van der Waals surface area contributed by atoms with Crippen LogP contribution in [-0.2, 0) is 4.79 Å². The van der Waals surface area contributed by atoms with Crippen molar-refractivity contribution in [3.8, 4) is 5.75 Å². The standard InChI is InChI=1S/C19H21F2N3O2/c1-13(19(26)22-14-6-7-15(20)16(21)12-14)23-8-10-24(11-9-23)17-4-2-3-5-18(17)25/h2-7,12-13,25H,8-11H2,1H3,(H,22,26). The molecule has 3 rings (SSSR count). The molecule has 26 heavy (non-hydrogen) atoms. The summed E-state index contributed by atoms with van der Waals surface area (Å²) >= 11 is 0. The van der Waals surface area contributed by atoms with Crippen LogP contribution in [0, 0.1) is 11.6 Å². The molecule has 0 bridgehead atoms. The normalized spacial score (nSPS) is 16.3. The summed E-state index contributed by atoms with van der Waals surface area (Å²) in [6.07, 6.45) is 0. The monoisotopic (exact) mass is 361 g/mol. The molecule has 2 aromatic rings. The van der Waals surface area contributed by atoms with Crippen molar-refractivity contribution in [2.75, 3.05) is 36.4 Å². The van der Waals surface area contributed by atoms with Crippen molar-refractivity contribution >= 4 is 17.3 Å². The first-order chi connectivity index (χ1) is 12.5. The third kappa shape index (κ3) is 3.94. The lowest BCUT2D eigenvalue weighted by Crippen LogP contribution is -2.52. The Kier molecular flexibility index (Phi) is 5.37. The number of phenols is 1. The Bertz CT molecular complexity index is 792. The van der Waals surface area contributed by atoms with Gasteiger partial charge >= 0.3 is 0 Å². The lowest BCUT2D eigenvalue weighted by Gasteiger charge is -2.38. The lowest BCUT2D eigenvalue weighted by molar-refractivity contribution is -0.120. The fourth-order valence-corrected chi connectivity index (χ4v) is 3.07. The van der Waals surface area contributed by atoms with Crippen LogP contribution >= 0.6 is 0 Å². The average molecular weight is 361 g/mol. The number of rotatable bonds is 4. The Morgan fingerprint density at radius 3 is 2.42 bits per heavy atom. The first-order valence-electron chi connectivity index (χ1n) is 8.48. The van der Waals surface area contributed by atoms with Gasteiger partial charge in [0, 0.05) is 37.9 Å². The maximum absolute atomic E-state index is 13.3. The highest BCUT2D eigenvalue weighted by atomic mass is 19.2. The number of anilines is 2. The van der Waals surface area contributed by atoms with Gasteiger partial charge in [-0.3, -0.25) is 9.69 Å². The molecular weight excluding hydrogens is 340 g/mol. The second-order valence-electron chi connectivity index (χ2n) is 6.31. The second-order valence-corrected chi connectivity index (χ2v) is 6.31. The molecular formula is C19H21F2N3O2. The molecule has 0 aromatic heterocycles. The highest BCUT2D eigenvalue weighted by Crippen LogP contribution is 2.27. The molecule has 1 atom stereocenters. The number of nitrogens with zero attached hydrogens (tertiary/aromatic N) is 2. The minimum Gasteiger partial charge on any atom is -0.506 e. The summed E-state index contributed by atoms with van der Waals surface area (Å²) in [5.41, 5.74) is 1.01. The van der Waals surface area contributed by atoms with Gasteiger partial charge in [0.1, 0.15) is 5.75 Å². The van der Waals surface area contributed by atoms with E-state index >= 15 is 0 Å². The van der Waals surface area contributed by atoms with Crippen LogP contribution < -0.4 is 10.2 Å². The Labute approximate surface area is 150 Å². The fourth-order valence-electron chi connectivity index (χ4n) is 3.07. The number of hydrogen-bond acceptors (Lipinski definition) is 4. The third-order valence-corrected chi connectivity index (χ3v) is 4.65. The van der Waals surface area contributed by atoms with Gasteiger partial charge in [0.05, 0.1) is 11.7 Å². The van der Waals surface area contributed by atoms with Crippen LogP contribution in [0.15, 0.2) is 42.5 Å². The molecule has 1 aliphatic rings. The van der Waals surface area contributed by atoms with Crippen LogP contribution in [0.4, 0.5) is 20.2 Å². The van der Waals surface area contributed by atoms with E-state index in [-0.39, 0.29) is 17.3 Å². The summed E-state index contributed by atoms with van der Waals surface area (Å²) in [5, 5.41) is 12.6. The number of phenolic OH excluding ortho intramolecular Hbond substituents is 1. The van der Waals surface area contributed by atoms with Crippen LogP contribution in [0.5, 0.6) is 5.75 Å². The molecule has 0 spiro atoms. The highest BCUT2D eigenvalue weighted by molar-refractivity contribution is 5.94. The summed E-state index contributed by atoms with van der Waals surface area (Å²) in [4.78, 5) is 16.5. The molecule has 138 valence electrons. The predicted molar refractivity (Wildman–Crippen MR) is 96.3 cm³/mol. The van der Waals surface area contributed by atoms with Crippen LogP contribution in [0.25, 0.3) is 0 Å². The Morgan fingerprint density at radius 1 is 1.08 bits per heavy atom. The van der Waals surface area contributed by atoms with Crippen molar-refractivity contribution < 1.29 is 18.7 Å². The zero-order valence-electron chi connectivity index (χ0n) is 14.5. The first kappa shape index (κ1) is 18.1. The van der Waals surface area contributed by atoms with Gasteiger partial charge in [-0.25, -0.2) is 8.78 Å². The summed E-state index contributed by atoms with van der Waals surface area (Å²) in [6.45, 7) is 4.45. The van der Waals surface area contributed by atoms with E-state index in [2.05, 4.69) is 10.2 Å². The maximum Gasteiger partial charge on any atom is 0.241 e. The SMILES string of the molecule is CC(C(=O)Nc1ccc(F)c(F)c1)N1CCN(c2ccccc2O)CC1. The van der Waals surface area contributed by atoms with Gasteiger partial charge in [0.15, 0.2) is 11.6 Å². The van der Waals surface area contributed by atoms with Gasteiger partial charge in [-0.2, -0.15) is 0 Å². The van der Waals surface area contributed by atoms with Crippen molar-refractivity contribution in [2.24, 2.45) is 0 Å². The topological polar surface area (TPSA) is 55.8 Å². The van der Waals surface area contributed by atoms with Crippen LogP contribution in [-0.4, -0.2) is 48.1 Å². The zero-order valence-corrected chi connectivity index (χ0v) is 14.5. The molecule has 5 nitrogen and oxygen atoms in total. The van der Waals surface area contributed by atoms with Gasteiger partial charge in [-0.1, -0.05) is 12.1 Å². The smallest absolute Gasteiger partial charge is 0.241 e. The van der Waals surface area contributed by atoms with E-state index in [1.165, 1.54) is 6.07 Å². The Balaban J connectivity index is 1.57. The van der Waals surface area contributed by atoms with E-state index in [9.17, 15) is 18.7 Å². The summed E-state index contributed by atoms with van der Waals surface area (Å²) in [7, 11) is 0. The lowest BCUT2D eigenvalue weighted by atomic mass is 10.2. The molecule has 1 amide bonds. The van der Waals surface area contributed by atoms with E-state index < -0.39 is 17.7 Å². The molecule has 1 saturated heterocycles. The summed E-state index contributed by atoms with van der Waals surface area (Å²) in [6, 6.07) is 10.0. The average Bonchev–Trinajstić information content (AvgIpc) is 2.65. The zero-order chi connectivity index (χ0) is 18.7. The third-order valence-electron chi connectivity index (χ3n) is 4.65. The van der Waals surface area contributed by atoms with Crippen molar-refractivity contribution in [3.05, 3.63) is 54.1 Å². The molecule has 0 aliphatic carbocycles. The number of amides is 1. The number of nitrogens with one attached hydrogen (secondary N) is 1. The van der Waals surface area contributed by atoms with Gasteiger partial charge < -0.3 is 15.3 Å². The van der Waals surface area contributed by atoms with E-state index in [1.807, 2.05) is 17.0 Å². The van der Waals surface area contributed by atoms with Crippen LogP contribution in [0.2, 0.25) is 0 Å². The van der Waals surface area contributed by atoms with E-state index in [0.29, 0.717) is 26.2 Å². The molecule has 2 N–H and O–H groups in total.